The average molecular weight is 226 g/mol. The van der Waals surface area contributed by atoms with Crippen molar-refractivity contribution in [2.24, 2.45) is 0 Å². The Bertz CT molecular complexity index is 329. The molecule has 0 bridgehead atoms. The minimum Gasteiger partial charge on any atom is -0.360 e. The third kappa shape index (κ3) is 2.96. The molecule has 1 aliphatic rings. The van der Waals surface area contributed by atoms with Gasteiger partial charge in [0.2, 0.25) is 0 Å². The van der Waals surface area contributed by atoms with Crippen LogP contribution in [0.25, 0.3) is 0 Å². The highest BCUT2D eigenvalue weighted by Gasteiger charge is 2.21. The van der Waals surface area contributed by atoms with E-state index in [1.807, 2.05) is 0 Å². The molecule has 2 N–H and O–H groups in total. The van der Waals surface area contributed by atoms with E-state index in [9.17, 15) is 0 Å². The van der Waals surface area contributed by atoms with E-state index in [-0.39, 0.29) is 0 Å². The molecule has 14 heavy (non-hydrogen) atoms. The molecular weight excluding hydrogens is 212 g/mol. The Morgan fingerprint density at radius 3 is 3.00 bits per heavy atom. The molecule has 0 radical (unpaired) electrons. The lowest BCUT2D eigenvalue weighted by Crippen LogP contribution is -2.35. The van der Waals surface area contributed by atoms with Gasteiger partial charge in [0.25, 0.3) is 0 Å². The van der Waals surface area contributed by atoms with E-state index < -0.39 is 0 Å². The summed E-state index contributed by atoms with van der Waals surface area (Å²) in [4.78, 5) is 1.35. The molecule has 0 aliphatic heterocycles. The van der Waals surface area contributed by atoms with E-state index in [1.165, 1.54) is 23.3 Å². The van der Waals surface area contributed by atoms with Crippen LogP contribution in [-0.2, 0) is 6.54 Å². The molecule has 1 saturated carbocycles. The van der Waals surface area contributed by atoms with E-state index in [0.29, 0.717) is 6.04 Å². The molecule has 4 heteroatoms. The van der Waals surface area contributed by atoms with Crippen LogP contribution in [0.1, 0.15) is 23.3 Å². The van der Waals surface area contributed by atoms with Crippen molar-refractivity contribution in [1.29, 1.82) is 0 Å². The van der Waals surface area contributed by atoms with Gasteiger partial charge in [0.1, 0.15) is 0 Å². The van der Waals surface area contributed by atoms with Crippen LogP contribution < -0.4 is 10.6 Å². The second-order valence-corrected chi connectivity index (χ2v) is 5.19. The highest BCUT2D eigenvalue weighted by molar-refractivity contribution is 7.80. The van der Waals surface area contributed by atoms with Crippen molar-refractivity contribution in [2.45, 2.75) is 32.4 Å². The van der Waals surface area contributed by atoms with Crippen LogP contribution in [0.4, 0.5) is 0 Å². The van der Waals surface area contributed by atoms with Crippen molar-refractivity contribution < 1.29 is 0 Å². The van der Waals surface area contributed by atoms with Gasteiger partial charge >= 0.3 is 0 Å². The molecule has 0 unspecified atom stereocenters. The van der Waals surface area contributed by atoms with Crippen LogP contribution >= 0.6 is 23.6 Å². The number of thiocarbonyl (C=S) groups is 1. The van der Waals surface area contributed by atoms with Gasteiger partial charge in [0, 0.05) is 17.5 Å². The Labute approximate surface area is 93.7 Å². The largest absolute Gasteiger partial charge is 0.360 e. The first-order valence-electron chi connectivity index (χ1n) is 4.82. The summed E-state index contributed by atoms with van der Waals surface area (Å²) in [5.41, 5.74) is 1.31. The van der Waals surface area contributed by atoms with Gasteiger partial charge in [0.15, 0.2) is 5.11 Å². The molecule has 0 atom stereocenters. The SMILES string of the molecule is Cc1cc(CNC(=S)NC2CC2)cs1. The number of thiophene rings is 1. The minimum absolute atomic E-state index is 0.638. The normalized spacial score (nSPS) is 15.2. The summed E-state index contributed by atoms with van der Waals surface area (Å²) < 4.78 is 0. The van der Waals surface area contributed by atoms with Gasteiger partial charge in [-0.2, -0.15) is 0 Å². The maximum absolute atomic E-state index is 5.16. The van der Waals surface area contributed by atoms with E-state index in [4.69, 9.17) is 12.2 Å². The van der Waals surface area contributed by atoms with Crippen LogP contribution in [0.2, 0.25) is 0 Å². The molecule has 1 aromatic heterocycles. The predicted molar refractivity (Wildman–Crippen MR) is 64.7 cm³/mol. The van der Waals surface area contributed by atoms with Crippen LogP contribution in [-0.4, -0.2) is 11.2 Å². The summed E-state index contributed by atoms with van der Waals surface area (Å²) >= 11 is 6.94. The molecule has 76 valence electrons. The zero-order chi connectivity index (χ0) is 9.97. The maximum atomic E-state index is 5.16. The predicted octanol–water partition coefficient (Wildman–Crippen LogP) is 2.18. The van der Waals surface area contributed by atoms with Gasteiger partial charge in [-0.1, -0.05) is 0 Å². The Hall–Kier alpha value is -0.610. The van der Waals surface area contributed by atoms with Crippen molar-refractivity contribution >= 4 is 28.7 Å². The third-order valence-electron chi connectivity index (χ3n) is 2.15. The maximum Gasteiger partial charge on any atom is 0.166 e. The lowest BCUT2D eigenvalue weighted by molar-refractivity contribution is 0.830. The monoisotopic (exact) mass is 226 g/mol. The Balaban J connectivity index is 1.73. The topological polar surface area (TPSA) is 24.1 Å². The highest BCUT2D eigenvalue weighted by atomic mass is 32.1. The molecule has 1 fully saturated rings. The summed E-state index contributed by atoms with van der Waals surface area (Å²) in [6, 6.07) is 2.83. The highest BCUT2D eigenvalue weighted by Crippen LogP contribution is 2.18. The second-order valence-electron chi connectivity index (χ2n) is 3.67. The van der Waals surface area contributed by atoms with Crippen molar-refractivity contribution in [2.75, 3.05) is 0 Å². The quantitative estimate of drug-likeness (QED) is 0.773. The smallest absolute Gasteiger partial charge is 0.166 e. The molecule has 1 aromatic rings. The van der Waals surface area contributed by atoms with Gasteiger partial charge in [-0.3, -0.25) is 0 Å². The summed E-state index contributed by atoms with van der Waals surface area (Å²) in [5, 5.41) is 9.42. The first-order valence-corrected chi connectivity index (χ1v) is 6.11. The second kappa shape index (κ2) is 4.28. The molecule has 0 saturated heterocycles. The summed E-state index contributed by atoms with van der Waals surface area (Å²) in [6.45, 7) is 2.96. The lowest BCUT2D eigenvalue weighted by Gasteiger charge is -2.07. The molecule has 0 aromatic carbocycles. The first-order chi connectivity index (χ1) is 6.74. The Kier molecular flexibility index (Phi) is 3.03. The van der Waals surface area contributed by atoms with Crippen molar-refractivity contribution in [1.82, 2.24) is 10.6 Å². The molecule has 2 nitrogen and oxygen atoms in total. The number of hydrogen-bond acceptors (Lipinski definition) is 2. The van der Waals surface area contributed by atoms with Crippen molar-refractivity contribution in [3.8, 4) is 0 Å². The number of hydrogen-bond donors (Lipinski definition) is 2. The van der Waals surface area contributed by atoms with Gasteiger partial charge in [-0.15, -0.1) is 11.3 Å². The Morgan fingerprint density at radius 2 is 2.43 bits per heavy atom. The van der Waals surface area contributed by atoms with E-state index in [0.717, 1.165) is 11.7 Å². The minimum atomic E-state index is 0.638. The fourth-order valence-electron chi connectivity index (χ4n) is 1.24. The third-order valence-corrected chi connectivity index (χ3v) is 3.32. The molecule has 0 spiro atoms. The Morgan fingerprint density at radius 1 is 1.64 bits per heavy atom. The zero-order valence-corrected chi connectivity index (χ0v) is 9.80. The van der Waals surface area contributed by atoms with Gasteiger partial charge in [-0.25, -0.2) is 0 Å². The van der Waals surface area contributed by atoms with Crippen molar-refractivity contribution in [3.63, 3.8) is 0 Å². The van der Waals surface area contributed by atoms with Gasteiger partial charge in [-0.05, 0) is 49.0 Å². The van der Waals surface area contributed by atoms with E-state index >= 15 is 0 Å². The molecule has 1 aliphatic carbocycles. The summed E-state index contributed by atoms with van der Waals surface area (Å²) in [5.74, 6) is 0. The van der Waals surface area contributed by atoms with E-state index in [2.05, 4.69) is 29.0 Å². The number of rotatable bonds is 3. The first kappa shape index (κ1) is 9.93. The molecule has 0 amide bonds. The fraction of sp³-hybridized carbons (Fsp3) is 0.500. The van der Waals surface area contributed by atoms with Crippen LogP contribution in [0, 0.1) is 6.92 Å². The fourth-order valence-corrected chi connectivity index (χ4v) is 2.18. The summed E-state index contributed by atoms with van der Waals surface area (Å²) in [7, 11) is 0. The molecular formula is C10H14N2S2. The van der Waals surface area contributed by atoms with Crippen molar-refractivity contribution in [3.05, 3.63) is 21.9 Å². The number of nitrogens with one attached hydrogen (secondary N) is 2. The van der Waals surface area contributed by atoms with E-state index in [1.54, 1.807) is 11.3 Å². The summed E-state index contributed by atoms with van der Waals surface area (Å²) in [6.07, 6.45) is 2.53. The lowest BCUT2D eigenvalue weighted by atomic mass is 10.3. The molecule has 2 rings (SSSR count). The zero-order valence-electron chi connectivity index (χ0n) is 8.17. The van der Waals surface area contributed by atoms with Gasteiger partial charge < -0.3 is 10.6 Å². The average Bonchev–Trinajstić information content (AvgIpc) is 2.85. The van der Waals surface area contributed by atoms with Crippen LogP contribution in [0.5, 0.6) is 0 Å². The van der Waals surface area contributed by atoms with Crippen LogP contribution in [0.15, 0.2) is 11.4 Å². The number of aryl methyl sites for hydroxylation is 1. The van der Waals surface area contributed by atoms with Crippen LogP contribution in [0.3, 0.4) is 0 Å². The molecule has 1 heterocycles. The van der Waals surface area contributed by atoms with Gasteiger partial charge in [0.05, 0.1) is 0 Å². The standard InChI is InChI=1S/C10H14N2S2/c1-7-4-8(6-14-7)5-11-10(13)12-9-2-3-9/h4,6,9H,2-3,5H2,1H3,(H2,11,12,13).